The zero-order chi connectivity index (χ0) is 17.4. The first-order valence-electron chi connectivity index (χ1n) is 8.68. The van der Waals surface area contributed by atoms with Crippen LogP contribution in [0.5, 0.6) is 0 Å². The van der Waals surface area contributed by atoms with E-state index in [1.807, 2.05) is 17.7 Å². The molecule has 1 N–H and O–H groups in total. The van der Waals surface area contributed by atoms with Crippen LogP contribution < -0.4 is 5.32 Å². The topological polar surface area (TPSA) is 63.1 Å². The molecule has 2 aromatic rings. The minimum Gasteiger partial charge on any atom is -0.350 e. The van der Waals surface area contributed by atoms with Gasteiger partial charge in [-0.1, -0.05) is 0 Å². The zero-order valence-corrected chi connectivity index (χ0v) is 15.2. The van der Waals surface area contributed by atoms with Crippen LogP contribution in [0.4, 0.5) is 0 Å². The van der Waals surface area contributed by atoms with Gasteiger partial charge in [-0.25, -0.2) is 9.67 Å². The number of aromatic nitrogens is 3. The minimum atomic E-state index is -0.0494. The Labute approximate surface area is 143 Å². The average Bonchev–Trinajstić information content (AvgIpc) is 3.25. The van der Waals surface area contributed by atoms with Crippen molar-refractivity contribution in [2.24, 2.45) is 5.92 Å². The van der Waals surface area contributed by atoms with Crippen molar-refractivity contribution in [3.8, 4) is 0 Å². The van der Waals surface area contributed by atoms with Crippen molar-refractivity contribution in [1.82, 2.24) is 25.0 Å². The molecule has 0 spiro atoms. The van der Waals surface area contributed by atoms with Crippen molar-refractivity contribution in [3.05, 3.63) is 23.5 Å². The lowest BCUT2D eigenvalue weighted by atomic mass is 10.1. The second-order valence-corrected chi connectivity index (χ2v) is 7.30. The summed E-state index contributed by atoms with van der Waals surface area (Å²) < 4.78 is 1.89. The minimum absolute atomic E-state index is 0.0494. The normalized spacial score (nSPS) is 16.1. The van der Waals surface area contributed by atoms with Crippen LogP contribution in [0.1, 0.15) is 48.8 Å². The summed E-state index contributed by atoms with van der Waals surface area (Å²) >= 11 is 0. The largest absolute Gasteiger partial charge is 0.350 e. The van der Waals surface area contributed by atoms with E-state index in [0.29, 0.717) is 24.1 Å². The number of hydrogen-bond donors (Lipinski definition) is 1. The van der Waals surface area contributed by atoms with Gasteiger partial charge in [0.15, 0.2) is 5.65 Å². The average molecular weight is 329 g/mol. The molecule has 0 radical (unpaired) electrons. The molecule has 2 heterocycles. The van der Waals surface area contributed by atoms with Crippen LogP contribution in [0.2, 0.25) is 0 Å². The Morgan fingerprint density at radius 3 is 2.71 bits per heavy atom. The maximum atomic E-state index is 12.6. The monoisotopic (exact) mass is 329 g/mol. The molecular formula is C18H27N5O. The van der Waals surface area contributed by atoms with Crippen LogP contribution in [0.25, 0.3) is 11.0 Å². The van der Waals surface area contributed by atoms with Crippen LogP contribution in [-0.4, -0.2) is 52.3 Å². The molecule has 1 amide bonds. The van der Waals surface area contributed by atoms with Gasteiger partial charge in [-0.15, -0.1) is 0 Å². The van der Waals surface area contributed by atoms with Crippen molar-refractivity contribution in [2.45, 2.75) is 45.7 Å². The summed E-state index contributed by atoms with van der Waals surface area (Å²) in [7, 11) is 4.16. The second kappa shape index (κ2) is 6.51. The van der Waals surface area contributed by atoms with Gasteiger partial charge in [0, 0.05) is 24.0 Å². The van der Waals surface area contributed by atoms with E-state index < -0.39 is 0 Å². The molecule has 0 aliphatic heterocycles. The molecule has 0 unspecified atom stereocenters. The number of nitrogens with one attached hydrogen (secondary N) is 1. The third-order valence-corrected chi connectivity index (χ3v) is 4.79. The number of carbonyl (C=O) groups excluding carboxylic acids is 1. The van der Waals surface area contributed by atoms with Gasteiger partial charge in [0.1, 0.15) is 0 Å². The standard InChI is InChI=1S/C18H27N5O/c1-11(2)23-17-14(9-20-23)8-15(12(3)21-17)18(24)19-10-16(22(4)5)13-6-7-13/h8-9,11,13,16H,6-7,10H2,1-5H3,(H,19,24)/t16-/m1/s1. The van der Waals surface area contributed by atoms with Crippen LogP contribution >= 0.6 is 0 Å². The van der Waals surface area contributed by atoms with Crippen molar-refractivity contribution in [3.63, 3.8) is 0 Å². The van der Waals surface area contributed by atoms with Crippen molar-refractivity contribution >= 4 is 16.9 Å². The van der Waals surface area contributed by atoms with Gasteiger partial charge in [-0.3, -0.25) is 4.79 Å². The van der Waals surface area contributed by atoms with E-state index >= 15 is 0 Å². The Morgan fingerprint density at radius 1 is 1.42 bits per heavy atom. The molecule has 130 valence electrons. The van der Waals surface area contributed by atoms with E-state index in [0.717, 1.165) is 16.7 Å². The van der Waals surface area contributed by atoms with Crippen LogP contribution in [0.3, 0.4) is 0 Å². The molecule has 0 saturated heterocycles. The van der Waals surface area contributed by atoms with Gasteiger partial charge < -0.3 is 10.2 Å². The maximum Gasteiger partial charge on any atom is 0.253 e. The summed E-state index contributed by atoms with van der Waals surface area (Å²) in [5.74, 6) is 0.665. The Kier molecular flexibility index (Phi) is 4.58. The fourth-order valence-electron chi connectivity index (χ4n) is 3.22. The molecular weight excluding hydrogens is 302 g/mol. The number of rotatable bonds is 6. The highest BCUT2D eigenvalue weighted by Crippen LogP contribution is 2.34. The van der Waals surface area contributed by atoms with Gasteiger partial charge in [-0.2, -0.15) is 5.10 Å². The predicted molar refractivity (Wildman–Crippen MR) is 95.2 cm³/mol. The first-order valence-corrected chi connectivity index (χ1v) is 8.68. The van der Waals surface area contributed by atoms with Crippen LogP contribution in [0, 0.1) is 12.8 Å². The van der Waals surface area contributed by atoms with Gasteiger partial charge in [-0.05, 0) is 59.7 Å². The Bertz CT molecular complexity index is 743. The van der Waals surface area contributed by atoms with E-state index in [1.54, 1.807) is 6.20 Å². The van der Waals surface area contributed by atoms with Gasteiger partial charge >= 0.3 is 0 Å². The molecule has 1 saturated carbocycles. The Balaban J connectivity index is 1.78. The maximum absolute atomic E-state index is 12.6. The number of aryl methyl sites for hydroxylation is 1. The lowest BCUT2D eigenvalue weighted by molar-refractivity contribution is 0.0938. The summed E-state index contributed by atoms with van der Waals surface area (Å²) in [4.78, 5) is 19.4. The van der Waals surface area contributed by atoms with Crippen molar-refractivity contribution in [1.29, 1.82) is 0 Å². The lowest BCUT2D eigenvalue weighted by Gasteiger charge is -2.24. The van der Waals surface area contributed by atoms with Gasteiger partial charge in [0.2, 0.25) is 0 Å². The van der Waals surface area contributed by atoms with E-state index in [-0.39, 0.29) is 11.9 Å². The summed E-state index contributed by atoms with van der Waals surface area (Å²) in [5, 5.41) is 8.38. The molecule has 0 bridgehead atoms. The second-order valence-electron chi connectivity index (χ2n) is 7.30. The first kappa shape index (κ1) is 16.9. The Hall–Kier alpha value is -1.95. The van der Waals surface area contributed by atoms with Gasteiger partial charge in [0.05, 0.1) is 17.5 Å². The van der Waals surface area contributed by atoms with Crippen LogP contribution in [-0.2, 0) is 0 Å². The molecule has 1 fully saturated rings. The molecule has 1 aliphatic rings. The van der Waals surface area contributed by atoms with Gasteiger partial charge in [0.25, 0.3) is 5.91 Å². The third kappa shape index (κ3) is 3.29. The molecule has 24 heavy (non-hydrogen) atoms. The molecule has 1 atom stereocenters. The van der Waals surface area contributed by atoms with Crippen molar-refractivity contribution in [2.75, 3.05) is 20.6 Å². The summed E-state index contributed by atoms with van der Waals surface area (Å²) in [6.07, 6.45) is 4.31. The third-order valence-electron chi connectivity index (χ3n) is 4.79. The van der Waals surface area contributed by atoms with E-state index in [4.69, 9.17) is 0 Å². The smallest absolute Gasteiger partial charge is 0.253 e. The van der Waals surface area contributed by atoms with Crippen molar-refractivity contribution < 1.29 is 4.79 Å². The summed E-state index contributed by atoms with van der Waals surface area (Å²) in [5.41, 5.74) is 2.22. The first-order chi connectivity index (χ1) is 11.4. The molecule has 1 aliphatic carbocycles. The quantitative estimate of drug-likeness (QED) is 0.884. The molecule has 2 aromatic heterocycles. The number of nitrogens with zero attached hydrogens (tertiary/aromatic N) is 4. The SMILES string of the molecule is Cc1nc2c(cnn2C(C)C)cc1C(=O)NC[C@H](C1CC1)N(C)C. The van der Waals surface area contributed by atoms with Crippen LogP contribution in [0.15, 0.2) is 12.3 Å². The molecule has 6 heteroatoms. The fourth-order valence-corrected chi connectivity index (χ4v) is 3.22. The number of likely N-dealkylation sites (N-methyl/N-ethyl adjacent to an activating group) is 1. The Morgan fingerprint density at radius 2 is 2.12 bits per heavy atom. The summed E-state index contributed by atoms with van der Waals surface area (Å²) in [6.45, 7) is 6.71. The predicted octanol–water partition coefficient (Wildman–Crippen LogP) is 2.39. The zero-order valence-electron chi connectivity index (χ0n) is 15.2. The highest BCUT2D eigenvalue weighted by atomic mass is 16.1. The number of fused-ring (bicyclic) bond motifs is 1. The number of hydrogen-bond acceptors (Lipinski definition) is 4. The molecule has 3 rings (SSSR count). The number of amides is 1. The van der Waals surface area contributed by atoms with E-state index in [1.165, 1.54) is 12.8 Å². The number of carbonyl (C=O) groups is 1. The molecule has 6 nitrogen and oxygen atoms in total. The number of pyridine rings is 1. The fraction of sp³-hybridized carbons (Fsp3) is 0.611. The van der Waals surface area contributed by atoms with E-state index in [2.05, 4.69) is 48.2 Å². The highest BCUT2D eigenvalue weighted by Gasteiger charge is 2.32. The molecule has 0 aromatic carbocycles. The van der Waals surface area contributed by atoms with E-state index in [9.17, 15) is 4.79 Å². The highest BCUT2D eigenvalue weighted by molar-refractivity contribution is 5.98. The summed E-state index contributed by atoms with van der Waals surface area (Å²) in [6, 6.07) is 2.56. The lowest BCUT2D eigenvalue weighted by Crippen LogP contribution is -2.41.